The van der Waals surface area contributed by atoms with Crippen molar-refractivity contribution in [2.75, 3.05) is 5.32 Å². The molecule has 10 heteroatoms. The summed E-state index contributed by atoms with van der Waals surface area (Å²) in [6, 6.07) is 12.6. The van der Waals surface area contributed by atoms with Gasteiger partial charge in [-0.2, -0.15) is 5.10 Å². The third kappa shape index (κ3) is 3.43. The fourth-order valence-corrected chi connectivity index (χ4v) is 2.82. The van der Waals surface area contributed by atoms with Crippen molar-refractivity contribution in [2.24, 2.45) is 0 Å². The molecule has 0 aliphatic carbocycles. The lowest BCUT2D eigenvalue weighted by Gasteiger charge is -2.09. The quantitative estimate of drug-likeness (QED) is 0.402. The van der Waals surface area contributed by atoms with Crippen LogP contribution in [0.1, 0.15) is 11.1 Å². The number of nitro groups is 1. The molecule has 140 valence electrons. The van der Waals surface area contributed by atoms with Gasteiger partial charge in [-0.1, -0.05) is 30.3 Å². The van der Waals surface area contributed by atoms with Crippen molar-refractivity contribution in [3.05, 3.63) is 92.9 Å². The lowest BCUT2D eigenvalue weighted by atomic mass is 10.1. The summed E-state index contributed by atoms with van der Waals surface area (Å²) < 4.78 is 2.87. The first-order chi connectivity index (χ1) is 13.6. The normalized spacial score (nSPS) is 10.9. The van der Waals surface area contributed by atoms with Crippen molar-refractivity contribution in [1.29, 1.82) is 0 Å². The second-order valence-electron chi connectivity index (χ2n) is 6.06. The molecule has 0 saturated carbocycles. The van der Waals surface area contributed by atoms with Gasteiger partial charge in [0.05, 0.1) is 11.5 Å². The molecule has 4 rings (SSSR count). The van der Waals surface area contributed by atoms with Crippen molar-refractivity contribution in [3.63, 3.8) is 0 Å². The SMILES string of the molecule is O=c1c([N+](=O)[O-])c(NCc2ccc(Cn3cncn3)cc2)nc2ccccn12. The average molecular weight is 377 g/mol. The van der Waals surface area contributed by atoms with Gasteiger partial charge < -0.3 is 5.32 Å². The first-order valence-electron chi connectivity index (χ1n) is 8.42. The molecule has 0 aliphatic heterocycles. The minimum absolute atomic E-state index is 0.0482. The summed E-state index contributed by atoms with van der Waals surface area (Å²) in [5.41, 5.74) is 0.977. The van der Waals surface area contributed by atoms with Gasteiger partial charge in [-0.15, -0.1) is 0 Å². The maximum absolute atomic E-state index is 12.4. The Labute approximate surface area is 158 Å². The van der Waals surface area contributed by atoms with Crippen molar-refractivity contribution < 1.29 is 4.92 Å². The smallest absolute Gasteiger partial charge is 0.360 e. The number of nitrogens with zero attached hydrogens (tertiary/aromatic N) is 6. The minimum Gasteiger partial charge on any atom is -0.360 e. The van der Waals surface area contributed by atoms with E-state index in [4.69, 9.17) is 0 Å². The highest BCUT2D eigenvalue weighted by molar-refractivity contribution is 5.59. The summed E-state index contributed by atoms with van der Waals surface area (Å²) in [5.74, 6) is -0.0482. The summed E-state index contributed by atoms with van der Waals surface area (Å²) in [6.07, 6.45) is 4.57. The largest absolute Gasteiger partial charge is 0.376 e. The van der Waals surface area contributed by atoms with Crippen LogP contribution in [-0.2, 0) is 13.1 Å². The van der Waals surface area contributed by atoms with E-state index in [1.54, 1.807) is 29.2 Å². The van der Waals surface area contributed by atoms with E-state index >= 15 is 0 Å². The predicted octanol–water partition coefficient (Wildman–Crippen LogP) is 1.85. The van der Waals surface area contributed by atoms with Crippen molar-refractivity contribution in [3.8, 4) is 0 Å². The Hall–Kier alpha value is -4.08. The van der Waals surface area contributed by atoms with E-state index in [-0.39, 0.29) is 5.82 Å². The lowest BCUT2D eigenvalue weighted by Crippen LogP contribution is -2.21. The Kier molecular flexibility index (Phi) is 4.50. The molecule has 0 unspecified atom stereocenters. The summed E-state index contributed by atoms with van der Waals surface area (Å²) in [5, 5.41) is 18.4. The van der Waals surface area contributed by atoms with E-state index in [9.17, 15) is 14.9 Å². The van der Waals surface area contributed by atoms with Gasteiger partial charge in [-0.25, -0.2) is 14.6 Å². The average Bonchev–Trinajstić information content (AvgIpc) is 3.20. The Morgan fingerprint density at radius 1 is 1.11 bits per heavy atom. The van der Waals surface area contributed by atoms with Gasteiger partial charge in [0.25, 0.3) is 0 Å². The number of hydrogen-bond acceptors (Lipinski definition) is 7. The van der Waals surface area contributed by atoms with Crippen LogP contribution in [0.4, 0.5) is 11.5 Å². The van der Waals surface area contributed by atoms with E-state index in [2.05, 4.69) is 20.4 Å². The van der Waals surface area contributed by atoms with E-state index in [1.807, 2.05) is 24.3 Å². The molecule has 1 N–H and O–H groups in total. The maximum Gasteiger partial charge on any atom is 0.376 e. The van der Waals surface area contributed by atoms with Crippen LogP contribution in [0.3, 0.4) is 0 Å². The van der Waals surface area contributed by atoms with E-state index in [0.29, 0.717) is 18.7 Å². The standard InChI is InChI=1S/C18H15N7O3/c26-18-16(25(27)28)17(22-15-3-1-2-8-24(15)18)20-9-13-4-6-14(7-5-13)10-23-12-19-11-21-23/h1-8,11-12,20H,9-10H2. The fraction of sp³-hybridized carbons (Fsp3) is 0.111. The molecule has 0 fully saturated rings. The van der Waals surface area contributed by atoms with Gasteiger partial charge >= 0.3 is 11.2 Å². The number of hydrogen-bond donors (Lipinski definition) is 1. The second-order valence-corrected chi connectivity index (χ2v) is 6.06. The Balaban J connectivity index is 1.56. The third-order valence-electron chi connectivity index (χ3n) is 4.19. The molecule has 4 aromatic rings. The highest BCUT2D eigenvalue weighted by Gasteiger charge is 2.23. The van der Waals surface area contributed by atoms with Gasteiger partial charge in [-0.3, -0.25) is 19.3 Å². The van der Waals surface area contributed by atoms with Crippen LogP contribution in [0.15, 0.2) is 66.1 Å². The summed E-state index contributed by atoms with van der Waals surface area (Å²) in [6.45, 7) is 0.891. The number of aromatic nitrogens is 5. The van der Waals surface area contributed by atoms with Gasteiger partial charge in [0.15, 0.2) is 0 Å². The lowest BCUT2D eigenvalue weighted by molar-refractivity contribution is -0.385. The van der Waals surface area contributed by atoms with Crippen LogP contribution >= 0.6 is 0 Å². The molecule has 0 atom stereocenters. The monoisotopic (exact) mass is 377 g/mol. The predicted molar refractivity (Wildman–Crippen MR) is 101 cm³/mol. The van der Waals surface area contributed by atoms with Crippen LogP contribution in [0.2, 0.25) is 0 Å². The molecule has 10 nitrogen and oxygen atoms in total. The molecule has 28 heavy (non-hydrogen) atoms. The molecular formula is C18H15N7O3. The molecule has 0 amide bonds. The minimum atomic E-state index is -0.721. The first-order valence-corrected chi connectivity index (χ1v) is 8.42. The molecule has 1 aromatic carbocycles. The number of fused-ring (bicyclic) bond motifs is 1. The third-order valence-corrected chi connectivity index (χ3v) is 4.19. The van der Waals surface area contributed by atoms with Crippen LogP contribution in [-0.4, -0.2) is 29.1 Å². The topological polar surface area (TPSA) is 120 Å². The number of nitrogens with one attached hydrogen (secondary N) is 1. The molecule has 0 spiro atoms. The van der Waals surface area contributed by atoms with Crippen molar-refractivity contribution in [1.82, 2.24) is 24.1 Å². The molecule has 0 saturated heterocycles. The molecular weight excluding hydrogens is 362 g/mol. The highest BCUT2D eigenvalue weighted by Crippen LogP contribution is 2.19. The van der Waals surface area contributed by atoms with Crippen LogP contribution in [0.25, 0.3) is 5.65 Å². The molecule has 0 radical (unpaired) electrons. The summed E-state index contributed by atoms with van der Waals surface area (Å²) >= 11 is 0. The van der Waals surface area contributed by atoms with Crippen molar-refractivity contribution >= 4 is 17.2 Å². The number of rotatable bonds is 6. The molecule has 0 bridgehead atoms. The number of pyridine rings is 1. The van der Waals surface area contributed by atoms with E-state index in [1.165, 1.54) is 12.5 Å². The van der Waals surface area contributed by atoms with Crippen LogP contribution in [0, 0.1) is 10.1 Å². The number of anilines is 1. The van der Waals surface area contributed by atoms with E-state index < -0.39 is 16.2 Å². The van der Waals surface area contributed by atoms with E-state index in [0.717, 1.165) is 15.5 Å². The second kappa shape index (κ2) is 7.27. The Morgan fingerprint density at radius 3 is 2.61 bits per heavy atom. The first kappa shape index (κ1) is 17.3. The summed E-state index contributed by atoms with van der Waals surface area (Å²) in [4.78, 5) is 31.2. The van der Waals surface area contributed by atoms with Gasteiger partial charge in [0.1, 0.15) is 18.3 Å². The zero-order valence-electron chi connectivity index (χ0n) is 14.6. The van der Waals surface area contributed by atoms with Gasteiger partial charge in [0.2, 0.25) is 5.82 Å². The zero-order chi connectivity index (χ0) is 19.5. The molecule has 3 heterocycles. The molecule has 3 aromatic heterocycles. The summed E-state index contributed by atoms with van der Waals surface area (Å²) in [7, 11) is 0. The van der Waals surface area contributed by atoms with Crippen LogP contribution in [0.5, 0.6) is 0 Å². The fourth-order valence-electron chi connectivity index (χ4n) is 2.82. The zero-order valence-corrected chi connectivity index (χ0v) is 14.6. The molecule has 0 aliphatic rings. The van der Waals surface area contributed by atoms with Gasteiger partial charge in [-0.05, 0) is 23.3 Å². The van der Waals surface area contributed by atoms with Crippen molar-refractivity contribution in [2.45, 2.75) is 13.1 Å². The maximum atomic E-state index is 12.4. The Bertz CT molecular complexity index is 1180. The van der Waals surface area contributed by atoms with Crippen LogP contribution < -0.4 is 10.9 Å². The Morgan fingerprint density at radius 2 is 1.89 bits per heavy atom. The van der Waals surface area contributed by atoms with Gasteiger partial charge in [0, 0.05) is 12.7 Å². The highest BCUT2D eigenvalue weighted by atomic mass is 16.6. The number of benzene rings is 1.